The summed E-state index contributed by atoms with van der Waals surface area (Å²) in [6.45, 7) is 1.99. The Kier molecular flexibility index (Phi) is 5.77. The van der Waals surface area contributed by atoms with Gasteiger partial charge in [0.2, 0.25) is 0 Å². The van der Waals surface area contributed by atoms with Crippen LogP contribution in [-0.2, 0) is 0 Å². The highest BCUT2D eigenvalue weighted by molar-refractivity contribution is 9.11. The number of rotatable bonds is 3. The zero-order valence-corrected chi connectivity index (χ0v) is 14.9. The molecule has 1 aromatic rings. The Balaban J connectivity index is 2.00. The Labute approximate surface area is 139 Å². The highest BCUT2D eigenvalue weighted by atomic mass is 79.9. The van der Waals surface area contributed by atoms with Gasteiger partial charge in [0.15, 0.2) is 0 Å². The van der Waals surface area contributed by atoms with Crippen LogP contribution in [0.3, 0.4) is 0 Å². The van der Waals surface area contributed by atoms with Crippen LogP contribution in [0.25, 0.3) is 0 Å². The van der Waals surface area contributed by atoms with Crippen molar-refractivity contribution in [1.82, 2.24) is 5.32 Å². The van der Waals surface area contributed by atoms with E-state index in [2.05, 4.69) is 37.2 Å². The molecule has 0 amide bonds. The number of benzene rings is 1. The number of hydrogen-bond acceptors (Lipinski definition) is 1. The summed E-state index contributed by atoms with van der Waals surface area (Å²) in [4.78, 5) is 0. The van der Waals surface area contributed by atoms with E-state index in [1.807, 2.05) is 25.1 Å². The number of halogens is 5. The van der Waals surface area contributed by atoms with E-state index in [4.69, 9.17) is 0 Å². The van der Waals surface area contributed by atoms with Crippen molar-refractivity contribution in [2.45, 2.75) is 50.9 Å². The van der Waals surface area contributed by atoms with E-state index < -0.39 is 12.1 Å². The zero-order chi connectivity index (χ0) is 15.6. The summed E-state index contributed by atoms with van der Waals surface area (Å²) in [7, 11) is 0. The van der Waals surface area contributed by atoms with Crippen molar-refractivity contribution in [2.24, 2.45) is 5.92 Å². The second kappa shape index (κ2) is 7.01. The van der Waals surface area contributed by atoms with E-state index in [1.54, 1.807) is 0 Å². The summed E-state index contributed by atoms with van der Waals surface area (Å²) in [6.07, 6.45) is -2.18. The Morgan fingerprint density at radius 2 is 1.95 bits per heavy atom. The fourth-order valence-electron chi connectivity index (χ4n) is 2.93. The van der Waals surface area contributed by atoms with Crippen LogP contribution >= 0.6 is 31.9 Å². The molecular weight excluding hydrogens is 411 g/mol. The lowest BCUT2D eigenvalue weighted by molar-refractivity contribution is -0.183. The van der Waals surface area contributed by atoms with Gasteiger partial charge in [0.25, 0.3) is 0 Å². The van der Waals surface area contributed by atoms with Crippen molar-refractivity contribution in [3.05, 3.63) is 32.7 Å². The van der Waals surface area contributed by atoms with Gasteiger partial charge in [-0.1, -0.05) is 44.3 Å². The Hall–Kier alpha value is -0.0700. The van der Waals surface area contributed by atoms with Crippen LogP contribution in [0.5, 0.6) is 0 Å². The minimum atomic E-state index is -4.07. The van der Waals surface area contributed by atoms with Crippen LogP contribution in [-0.4, -0.2) is 12.2 Å². The molecule has 2 rings (SSSR count). The quantitative estimate of drug-likeness (QED) is 0.623. The first-order chi connectivity index (χ1) is 9.77. The fourth-order valence-corrected chi connectivity index (χ4v) is 4.32. The van der Waals surface area contributed by atoms with Crippen LogP contribution in [0.4, 0.5) is 13.2 Å². The number of alkyl halides is 3. The zero-order valence-electron chi connectivity index (χ0n) is 11.7. The van der Waals surface area contributed by atoms with E-state index in [0.717, 1.165) is 20.9 Å². The third-order valence-corrected chi connectivity index (χ3v) is 5.23. The lowest BCUT2D eigenvalue weighted by Crippen LogP contribution is -2.39. The van der Waals surface area contributed by atoms with Crippen LogP contribution in [0.2, 0.25) is 0 Å². The molecule has 3 atom stereocenters. The Bertz CT molecular complexity index is 490. The number of hydrogen-bond donors (Lipinski definition) is 1. The third kappa shape index (κ3) is 4.70. The molecule has 1 aliphatic rings. The maximum Gasteiger partial charge on any atom is 0.391 e. The van der Waals surface area contributed by atoms with Crippen LogP contribution < -0.4 is 5.32 Å². The lowest BCUT2D eigenvalue weighted by Gasteiger charge is -2.33. The smallest absolute Gasteiger partial charge is 0.307 e. The topological polar surface area (TPSA) is 12.0 Å². The van der Waals surface area contributed by atoms with Gasteiger partial charge >= 0.3 is 6.18 Å². The highest BCUT2D eigenvalue weighted by Gasteiger charge is 2.42. The van der Waals surface area contributed by atoms with Crippen molar-refractivity contribution in [1.29, 1.82) is 0 Å². The van der Waals surface area contributed by atoms with Crippen LogP contribution in [0, 0.1) is 5.92 Å². The van der Waals surface area contributed by atoms with E-state index in [9.17, 15) is 13.2 Å². The van der Waals surface area contributed by atoms with Crippen LogP contribution in [0.15, 0.2) is 27.1 Å². The highest BCUT2D eigenvalue weighted by Crippen LogP contribution is 2.38. The van der Waals surface area contributed by atoms with Gasteiger partial charge in [0.05, 0.1) is 5.92 Å². The predicted molar refractivity (Wildman–Crippen MR) is 85.2 cm³/mol. The maximum atomic E-state index is 12.8. The number of nitrogens with one attached hydrogen (secondary N) is 1. The molecule has 1 N–H and O–H groups in total. The third-order valence-electron chi connectivity index (χ3n) is 4.05. The average molecular weight is 429 g/mol. The molecule has 0 heterocycles. The summed E-state index contributed by atoms with van der Waals surface area (Å²) in [5.74, 6) is -1.16. The van der Waals surface area contributed by atoms with Gasteiger partial charge in [-0.15, -0.1) is 0 Å². The first-order valence-electron chi connectivity index (χ1n) is 7.05. The van der Waals surface area contributed by atoms with Gasteiger partial charge in [-0.3, -0.25) is 0 Å². The van der Waals surface area contributed by atoms with Gasteiger partial charge < -0.3 is 5.32 Å². The average Bonchev–Trinajstić information content (AvgIpc) is 2.37. The molecule has 1 aromatic carbocycles. The fraction of sp³-hybridized carbons (Fsp3) is 0.600. The molecule has 118 valence electrons. The minimum Gasteiger partial charge on any atom is -0.307 e. The molecule has 1 fully saturated rings. The van der Waals surface area contributed by atoms with Crippen molar-refractivity contribution in [2.75, 3.05) is 0 Å². The second-order valence-corrected chi connectivity index (χ2v) is 7.43. The maximum absolute atomic E-state index is 12.8. The van der Waals surface area contributed by atoms with E-state index in [-0.39, 0.29) is 24.9 Å². The molecule has 1 saturated carbocycles. The first-order valence-corrected chi connectivity index (χ1v) is 8.63. The molecule has 0 bridgehead atoms. The summed E-state index contributed by atoms with van der Waals surface area (Å²) < 4.78 is 40.5. The first kappa shape index (κ1) is 17.3. The summed E-state index contributed by atoms with van der Waals surface area (Å²) in [5.41, 5.74) is 1.06. The summed E-state index contributed by atoms with van der Waals surface area (Å²) >= 11 is 6.90. The SMILES string of the molecule is CC(NC1CCCC(C(F)(F)F)C1)c1ccc(Br)cc1Br. The monoisotopic (exact) mass is 427 g/mol. The molecule has 0 radical (unpaired) electrons. The molecule has 0 aliphatic heterocycles. The molecule has 0 saturated heterocycles. The second-order valence-electron chi connectivity index (χ2n) is 5.66. The molecular formula is C15H18Br2F3N. The van der Waals surface area contributed by atoms with Crippen LogP contribution in [0.1, 0.15) is 44.2 Å². The van der Waals surface area contributed by atoms with Gasteiger partial charge in [0, 0.05) is 21.0 Å². The van der Waals surface area contributed by atoms with E-state index in [0.29, 0.717) is 6.42 Å². The molecule has 6 heteroatoms. The van der Waals surface area contributed by atoms with Gasteiger partial charge in [-0.25, -0.2) is 0 Å². The van der Waals surface area contributed by atoms with E-state index in [1.165, 1.54) is 0 Å². The summed E-state index contributed by atoms with van der Waals surface area (Å²) in [6, 6.07) is 5.82. The molecule has 1 nitrogen and oxygen atoms in total. The molecule has 21 heavy (non-hydrogen) atoms. The molecule has 0 spiro atoms. The Morgan fingerprint density at radius 3 is 2.57 bits per heavy atom. The van der Waals surface area contributed by atoms with Gasteiger partial charge in [-0.05, 0) is 43.9 Å². The Morgan fingerprint density at radius 1 is 1.24 bits per heavy atom. The lowest BCUT2D eigenvalue weighted by atomic mass is 9.85. The van der Waals surface area contributed by atoms with Gasteiger partial charge in [-0.2, -0.15) is 13.2 Å². The van der Waals surface area contributed by atoms with Crippen molar-refractivity contribution < 1.29 is 13.2 Å². The minimum absolute atomic E-state index is 0.0180. The van der Waals surface area contributed by atoms with Gasteiger partial charge in [0.1, 0.15) is 0 Å². The summed E-state index contributed by atoms with van der Waals surface area (Å²) in [5, 5.41) is 3.35. The normalized spacial score (nSPS) is 24.9. The molecule has 1 aliphatic carbocycles. The standard InChI is InChI=1S/C15H18Br2F3N/c1-9(13-6-5-11(16)8-14(13)17)21-12-4-2-3-10(7-12)15(18,19)20/h5-6,8-10,12,21H,2-4,7H2,1H3. The predicted octanol–water partition coefficient (Wildman–Crippen LogP) is 5.98. The largest absolute Gasteiger partial charge is 0.391 e. The van der Waals surface area contributed by atoms with Crippen molar-refractivity contribution in [3.63, 3.8) is 0 Å². The molecule has 3 unspecified atom stereocenters. The van der Waals surface area contributed by atoms with E-state index >= 15 is 0 Å². The molecule has 0 aromatic heterocycles. The van der Waals surface area contributed by atoms with Crippen molar-refractivity contribution >= 4 is 31.9 Å². The van der Waals surface area contributed by atoms with Crippen molar-refractivity contribution in [3.8, 4) is 0 Å².